The summed E-state index contributed by atoms with van der Waals surface area (Å²) in [5.74, 6) is 0. The number of aromatic nitrogens is 1. The molecule has 0 fully saturated rings. The summed E-state index contributed by atoms with van der Waals surface area (Å²) in [6.07, 6.45) is 0. The Morgan fingerprint density at radius 3 is 2.18 bits per heavy atom. The van der Waals surface area contributed by atoms with Gasteiger partial charge in [-0.2, -0.15) is 0 Å². The van der Waals surface area contributed by atoms with Crippen LogP contribution in [0.4, 0.5) is 0 Å². The van der Waals surface area contributed by atoms with Crippen molar-refractivity contribution in [2.24, 2.45) is 0 Å². The summed E-state index contributed by atoms with van der Waals surface area (Å²) in [7, 11) is 0. The zero-order chi connectivity index (χ0) is 21.9. The molecule has 0 aliphatic carbocycles. The summed E-state index contributed by atoms with van der Waals surface area (Å²) in [5.41, 5.74) is 7.60. The third-order valence-electron chi connectivity index (χ3n) is 6.45. The average molecular weight is 444 g/mol. The molecular weight excluding hydrogens is 426 g/mol. The molecule has 0 aliphatic heterocycles. The molecule has 3 heteroatoms. The molecule has 0 amide bonds. The summed E-state index contributed by atoms with van der Waals surface area (Å²) >= 11 is 6.21. The van der Waals surface area contributed by atoms with Crippen LogP contribution < -0.4 is 0 Å². The van der Waals surface area contributed by atoms with E-state index in [1.165, 1.54) is 33.1 Å². The highest BCUT2D eigenvalue weighted by Crippen LogP contribution is 2.37. The van der Waals surface area contributed by atoms with Gasteiger partial charge >= 0.3 is 0 Å². The monoisotopic (exact) mass is 443 g/mol. The van der Waals surface area contributed by atoms with Gasteiger partial charge < -0.3 is 8.98 Å². The highest BCUT2D eigenvalue weighted by Gasteiger charge is 2.14. The predicted molar refractivity (Wildman–Crippen MR) is 139 cm³/mol. The standard InChI is InChI=1S/C30H18ClNO/c31-21-12-15-29-26(18-21)24-13-10-20(17-30(24)33-29)19-11-14-28-25(16-19)23-8-4-5-9-27(23)32(28)22-6-2-1-3-7-22/h1-18H. The van der Waals surface area contributed by atoms with E-state index in [1.807, 2.05) is 18.2 Å². The number of hydrogen-bond donors (Lipinski definition) is 0. The number of halogens is 1. The molecule has 2 nitrogen and oxygen atoms in total. The normalized spacial score (nSPS) is 11.8. The van der Waals surface area contributed by atoms with Crippen molar-refractivity contribution in [1.29, 1.82) is 0 Å². The van der Waals surface area contributed by atoms with E-state index >= 15 is 0 Å². The Labute approximate surface area is 195 Å². The number of fused-ring (bicyclic) bond motifs is 6. The van der Waals surface area contributed by atoms with Crippen LogP contribution in [0.3, 0.4) is 0 Å². The quantitative estimate of drug-likeness (QED) is 0.260. The molecule has 0 radical (unpaired) electrons. The summed E-state index contributed by atoms with van der Waals surface area (Å²) in [5, 5.41) is 5.33. The predicted octanol–water partition coefficient (Wildman–Crippen LogP) is 9.00. The lowest BCUT2D eigenvalue weighted by Gasteiger charge is -2.08. The molecule has 7 aromatic rings. The molecule has 7 rings (SSSR count). The number of rotatable bonds is 2. The zero-order valence-electron chi connectivity index (χ0n) is 17.6. The van der Waals surface area contributed by atoms with Crippen LogP contribution in [0.1, 0.15) is 0 Å². The molecule has 0 saturated heterocycles. The fourth-order valence-corrected chi connectivity index (χ4v) is 5.11. The van der Waals surface area contributed by atoms with E-state index in [1.54, 1.807) is 0 Å². The molecule has 0 saturated carbocycles. The van der Waals surface area contributed by atoms with E-state index in [9.17, 15) is 0 Å². The molecule has 33 heavy (non-hydrogen) atoms. The highest BCUT2D eigenvalue weighted by atomic mass is 35.5. The first-order valence-electron chi connectivity index (χ1n) is 11.0. The zero-order valence-corrected chi connectivity index (χ0v) is 18.4. The van der Waals surface area contributed by atoms with Gasteiger partial charge in [0.15, 0.2) is 0 Å². The summed E-state index contributed by atoms with van der Waals surface area (Å²) < 4.78 is 8.46. The minimum Gasteiger partial charge on any atom is -0.456 e. The second-order valence-corrected chi connectivity index (χ2v) is 8.81. The maximum Gasteiger partial charge on any atom is 0.136 e. The number of hydrogen-bond acceptors (Lipinski definition) is 1. The maximum atomic E-state index is 6.21. The molecule has 0 N–H and O–H groups in total. The van der Waals surface area contributed by atoms with Gasteiger partial charge in [-0.3, -0.25) is 0 Å². The Morgan fingerprint density at radius 2 is 1.27 bits per heavy atom. The molecule has 5 aromatic carbocycles. The van der Waals surface area contributed by atoms with Crippen molar-refractivity contribution < 1.29 is 4.42 Å². The third-order valence-corrected chi connectivity index (χ3v) is 6.69. The van der Waals surface area contributed by atoms with Crippen LogP contribution in [0.25, 0.3) is 60.6 Å². The van der Waals surface area contributed by atoms with Crippen LogP contribution in [0, 0.1) is 0 Å². The van der Waals surface area contributed by atoms with Crippen LogP contribution in [-0.2, 0) is 0 Å². The lowest BCUT2D eigenvalue weighted by atomic mass is 10.0. The summed E-state index contributed by atoms with van der Waals surface area (Å²) in [6.45, 7) is 0. The van der Waals surface area contributed by atoms with E-state index < -0.39 is 0 Å². The van der Waals surface area contributed by atoms with Crippen molar-refractivity contribution in [2.45, 2.75) is 0 Å². The topological polar surface area (TPSA) is 18.1 Å². The van der Waals surface area contributed by atoms with Gasteiger partial charge in [0.25, 0.3) is 0 Å². The molecule has 0 unspecified atom stereocenters. The van der Waals surface area contributed by atoms with E-state index in [2.05, 4.69) is 95.6 Å². The number of benzene rings is 5. The van der Waals surface area contributed by atoms with Gasteiger partial charge in [0, 0.05) is 32.3 Å². The Balaban J connectivity index is 1.45. The average Bonchev–Trinajstić information content (AvgIpc) is 3.39. The van der Waals surface area contributed by atoms with Crippen LogP contribution in [0.15, 0.2) is 114 Å². The van der Waals surface area contributed by atoms with Crippen molar-refractivity contribution in [2.75, 3.05) is 0 Å². The van der Waals surface area contributed by atoms with E-state index in [0.717, 1.165) is 32.5 Å². The first kappa shape index (κ1) is 18.6. The first-order chi connectivity index (χ1) is 16.3. The molecule has 0 aliphatic rings. The minimum absolute atomic E-state index is 0.717. The Morgan fingerprint density at radius 1 is 0.515 bits per heavy atom. The molecular formula is C30H18ClNO. The van der Waals surface area contributed by atoms with Crippen molar-refractivity contribution in [3.05, 3.63) is 114 Å². The van der Waals surface area contributed by atoms with E-state index in [-0.39, 0.29) is 0 Å². The van der Waals surface area contributed by atoms with Gasteiger partial charge in [-0.15, -0.1) is 0 Å². The molecule has 0 bridgehead atoms. The van der Waals surface area contributed by atoms with Crippen LogP contribution >= 0.6 is 11.6 Å². The minimum atomic E-state index is 0.717. The number of furan rings is 1. The Kier molecular flexibility index (Phi) is 3.93. The molecule has 2 heterocycles. The van der Waals surface area contributed by atoms with E-state index in [0.29, 0.717) is 0 Å². The summed E-state index contributed by atoms with van der Waals surface area (Å²) in [4.78, 5) is 0. The third kappa shape index (κ3) is 2.81. The molecule has 156 valence electrons. The highest BCUT2D eigenvalue weighted by molar-refractivity contribution is 6.31. The van der Waals surface area contributed by atoms with Gasteiger partial charge in [0.1, 0.15) is 11.2 Å². The van der Waals surface area contributed by atoms with E-state index in [4.69, 9.17) is 16.0 Å². The van der Waals surface area contributed by atoms with Crippen LogP contribution in [0.5, 0.6) is 0 Å². The van der Waals surface area contributed by atoms with Crippen LogP contribution in [-0.4, -0.2) is 4.57 Å². The van der Waals surface area contributed by atoms with Crippen molar-refractivity contribution in [1.82, 2.24) is 4.57 Å². The van der Waals surface area contributed by atoms with Crippen molar-refractivity contribution in [3.63, 3.8) is 0 Å². The maximum absolute atomic E-state index is 6.21. The largest absolute Gasteiger partial charge is 0.456 e. The van der Waals surface area contributed by atoms with Crippen LogP contribution in [0.2, 0.25) is 5.02 Å². The second-order valence-electron chi connectivity index (χ2n) is 8.37. The van der Waals surface area contributed by atoms with Gasteiger partial charge in [-0.1, -0.05) is 60.1 Å². The lowest BCUT2D eigenvalue weighted by Crippen LogP contribution is -1.92. The summed E-state index contributed by atoms with van der Waals surface area (Å²) in [6, 6.07) is 38.0. The fraction of sp³-hybridized carbons (Fsp3) is 0. The van der Waals surface area contributed by atoms with Gasteiger partial charge in [0.2, 0.25) is 0 Å². The van der Waals surface area contributed by atoms with Gasteiger partial charge in [-0.25, -0.2) is 0 Å². The number of para-hydroxylation sites is 2. The van der Waals surface area contributed by atoms with Gasteiger partial charge in [-0.05, 0) is 71.8 Å². The van der Waals surface area contributed by atoms with Crippen molar-refractivity contribution in [3.8, 4) is 16.8 Å². The Bertz CT molecular complexity index is 1830. The molecule has 0 atom stereocenters. The Hall–Kier alpha value is -4.01. The number of nitrogens with zero attached hydrogens (tertiary/aromatic N) is 1. The fourth-order valence-electron chi connectivity index (χ4n) is 4.94. The SMILES string of the molecule is Clc1ccc2oc3cc(-c4ccc5c(c4)c4ccccc4n5-c4ccccc4)ccc3c2c1. The first-order valence-corrected chi connectivity index (χ1v) is 11.3. The smallest absolute Gasteiger partial charge is 0.136 e. The second kappa shape index (κ2) is 6.99. The van der Waals surface area contributed by atoms with Crippen molar-refractivity contribution >= 4 is 55.3 Å². The lowest BCUT2D eigenvalue weighted by molar-refractivity contribution is 0.669. The molecule has 2 aromatic heterocycles. The molecule has 0 spiro atoms. The van der Waals surface area contributed by atoms with Gasteiger partial charge in [0.05, 0.1) is 11.0 Å².